The first-order valence-corrected chi connectivity index (χ1v) is 7.77. The van der Waals surface area contributed by atoms with Crippen LogP contribution >= 0.6 is 11.3 Å². The first-order chi connectivity index (χ1) is 10.1. The molecule has 0 spiro atoms. The van der Waals surface area contributed by atoms with Gasteiger partial charge in [-0.3, -0.25) is 9.59 Å². The molecule has 1 aromatic heterocycles. The van der Waals surface area contributed by atoms with E-state index in [4.69, 9.17) is 0 Å². The van der Waals surface area contributed by atoms with E-state index < -0.39 is 0 Å². The molecule has 0 aliphatic carbocycles. The van der Waals surface area contributed by atoms with E-state index in [1.807, 2.05) is 25.1 Å². The maximum Gasteiger partial charge on any atom is 0.304 e. The molecular formula is C15H19N3O2S. The molecule has 0 bridgehead atoms. The van der Waals surface area contributed by atoms with Crippen LogP contribution in [-0.2, 0) is 6.54 Å². The Labute approximate surface area is 127 Å². The molecule has 0 saturated heterocycles. The summed E-state index contributed by atoms with van der Waals surface area (Å²) >= 11 is 1.09. The molecule has 0 unspecified atom stereocenters. The van der Waals surface area contributed by atoms with Crippen molar-refractivity contribution in [3.63, 3.8) is 0 Å². The van der Waals surface area contributed by atoms with Crippen LogP contribution in [0.4, 0.5) is 5.69 Å². The van der Waals surface area contributed by atoms with Crippen LogP contribution in [0, 0.1) is 6.92 Å². The maximum absolute atomic E-state index is 12.3. The summed E-state index contributed by atoms with van der Waals surface area (Å²) in [6.45, 7) is 5.17. The number of carbonyl (C=O) groups excluding carboxylic acids is 1. The first kappa shape index (κ1) is 15.3. The summed E-state index contributed by atoms with van der Waals surface area (Å²) in [6, 6.07) is 5.77. The molecule has 0 aliphatic heterocycles. The predicted octanol–water partition coefficient (Wildman–Crippen LogP) is 2.50. The van der Waals surface area contributed by atoms with Crippen LogP contribution in [0.1, 0.15) is 35.0 Å². The first-order valence-electron chi connectivity index (χ1n) is 6.89. The Bertz CT molecular complexity index is 676. The molecule has 0 atom stereocenters. The zero-order valence-electron chi connectivity index (χ0n) is 12.2. The summed E-state index contributed by atoms with van der Waals surface area (Å²) in [6.07, 6.45) is 0.991. The molecule has 1 aromatic carbocycles. The second-order valence-electron chi connectivity index (χ2n) is 4.83. The molecule has 6 heteroatoms. The molecule has 5 nitrogen and oxygen atoms in total. The number of H-pyrrole nitrogens is 1. The van der Waals surface area contributed by atoms with Gasteiger partial charge in [-0.15, -0.1) is 0 Å². The molecule has 21 heavy (non-hydrogen) atoms. The van der Waals surface area contributed by atoms with Crippen molar-refractivity contribution in [2.45, 2.75) is 26.8 Å². The number of thiazole rings is 1. The SMILES string of the molecule is CCCNc1ccc(C)cc1C(=O)NCc1csc(=O)[nH]1. The van der Waals surface area contributed by atoms with Crippen LogP contribution in [0.25, 0.3) is 0 Å². The third kappa shape index (κ3) is 4.19. The number of anilines is 1. The molecular weight excluding hydrogens is 286 g/mol. The van der Waals surface area contributed by atoms with E-state index in [1.54, 1.807) is 5.38 Å². The molecule has 0 fully saturated rings. The number of benzene rings is 1. The lowest BCUT2D eigenvalue weighted by Gasteiger charge is -2.12. The summed E-state index contributed by atoms with van der Waals surface area (Å²) in [7, 11) is 0. The Hall–Kier alpha value is -2.08. The van der Waals surface area contributed by atoms with Gasteiger partial charge < -0.3 is 15.6 Å². The largest absolute Gasteiger partial charge is 0.384 e. The van der Waals surface area contributed by atoms with Gasteiger partial charge in [0, 0.05) is 23.3 Å². The summed E-state index contributed by atoms with van der Waals surface area (Å²) in [5.74, 6) is -0.149. The lowest BCUT2D eigenvalue weighted by Crippen LogP contribution is -2.24. The second kappa shape index (κ2) is 7.08. The highest BCUT2D eigenvalue weighted by molar-refractivity contribution is 7.07. The molecule has 0 aliphatic rings. The predicted molar refractivity (Wildman–Crippen MR) is 86.1 cm³/mol. The Morgan fingerprint density at radius 3 is 2.86 bits per heavy atom. The number of aryl methyl sites for hydroxylation is 1. The van der Waals surface area contributed by atoms with Crippen molar-refractivity contribution in [3.8, 4) is 0 Å². The highest BCUT2D eigenvalue weighted by atomic mass is 32.1. The smallest absolute Gasteiger partial charge is 0.304 e. The second-order valence-corrected chi connectivity index (χ2v) is 5.67. The number of aromatic nitrogens is 1. The summed E-state index contributed by atoms with van der Waals surface area (Å²) in [4.78, 5) is 25.9. The van der Waals surface area contributed by atoms with Crippen molar-refractivity contribution < 1.29 is 4.79 Å². The highest BCUT2D eigenvalue weighted by Gasteiger charge is 2.11. The lowest BCUT2D eigenvalue weighted by molar-refractivity contribution is 0.0951. The van der Waals surface area contributed by atoms with E-state index in [0.717, 1.165) is 35.6 Å². The van der Waals surface area contributed by atoms with Gasteiger partial charge >= 0.3 is 4.87 Å². The van der Waals surface area contributed by atoms with Crippen LogP contribution in [0.5, 0.6) is 0 Å². The van der Waals surface area contributed by atoms with E-state index in [1.165, 1.54) is 0 Å². The maximum atomic E-state index is 12.3. The third-order valence-corrected chi connectivity index (χ3v) is 3.71. The zero-order valence-corrected chi connectivity index (χ0v) is 13.0. The summed E-state index contributed by atoms with van der Waals surface area (Å²) < 4.78 is 0. The molecule has 112 valence electrons. The number of nitrogens with one attached hydrogen (secondary N) is 3. The van der Waals surface area contributed by atoms with Gasteiger partial charge in [0.25, 0.3) is 5.91 Å². The molecule has 2 rings (SSSR count). The molecule has 0 radical (unpaired) electrons. The van der Waals surface area contributed by atoms with Gasteiger partial charge in [0.05, 0.1) is 12.1 Å². The Morgan fingerprint density at radius 1 is 1.38 bits per heavy atom. The topological polar surface area (TPSA) is 74.0 Å². The van der Waals surface area contributed by atoms with Crippen LogP contribution < -0.4 is 15.5 Å². The quantitative estimate of drug-likeness (QED) is 0.767. The Balaban J connectivity index is 2.09. The summed E-state index contributed by atoms with van der Waals surface area (Å²) in [5.41, 5.74) is 3.21. The molecule has 0 saturated carbocycles. The monoisotopic (exact) mass is 305 g/mol. The van der Waals surface area contributed by atoms with Gasteiger partial charge in [-0.2, -0.15) is 0 Å². The molecule has 2 aromatic rings. The fraction of sp³-hybridized carbons (Fsp3) is 0.333. The van der Waals surface area contributed by atoms with Gasteiger partial charge in [-0.1, -0.05) is 29.9 Å². The van der Waals surface area contributed by atoms with Crippen LogP contribution in [-0.4, -0.2) is 17.4 Å². The van der Waals surface area contributed by atoms with Gasteiger partial charge in [0.1, 0.15) is 0 Å². The van der Waals surface area contributed by atoms with E-state index >= 15 is 0 Å². The zero-order chi connectivity index (χ0) is 15.2. The normalized spacial score (nSPS) is 10.4. The number of amides is 1. The fourth-order valence-corrected chi connectivity index (χ4v) is 2.51. The number of hydrogen-bond donors (Lipinski definition) is 3. The van der Waals surface area contributed by atoms with E-state index in [-0.39, 0.29) is 10.8 Å². The highest BCUT2D eigenvalue weighted by Crippen LogP contribution is 2.17. The van der Waals surface area contributed by atoms with Gasteiger partial charge in [0.15, 0.2) is 0 Å². The van der Waals surface area contributed by atoms with Crippen molar-refractivity contribution in [1.82, 2.24) is 10.3 Å². The van der Waals surface area contributed by atoms with Crippen LogP contribution in [0.15, 0.2) is 28.4 Å². The molecule has 1 heterocycles. The van der Waals surface area contributed by atoms with Crippen LogP contribution in [0.3, 0.4) is 0 Å². The average molecular weight is 305 g/mol. The minimum atomic E-state index is -0.149. The molecule has 3 N–H and O–H groups in total. The van der Waals surface area contributed by atoms with Crippen molar-refractivity contribution in [3.05, 3.63) is 50.1 Å². The standard InChI is InChI=1S/C15H19N3O2S/c1-3-6-16-13-5-4-10(2)7-12(13)14(19)17-8-11-9-21-15(20)18-11/h4-5,7,9,16H,3,6,8H2,1-2H3,(H,17,19)(H,18,20). The summed E-state index contributed by atoms with van der Waals surface area (Å²) in [5, 5.41) is 7.80. The van der Waals surface area contributed by atoms with Crippen molar-refractivity contribution >= 4 is 22.9 Å². The Morgan fingerprint density at radius 2 is 2.19 bits per heavy atom. The fourth-order valence-electron chi connectivity index (χ4n) is 1.93. The van der Waals surface area contributed by atoms with Crippen molar-refractivity contribution in [2.24, 2.45) is 0 Å². The van der Waals surface area contributed by atoms with E-state index in [0.29, 0.717) is 17.8 Å². The third-order valence-electron chi connectivity index (χ3n) is 3.00. The van der Waals surface area contributed by atoms with Crippen molar-refractivity contribution in [2.75, 3.05) is 11.9 Å². The number of carbonyl (C=O) groups is 1. The van der Waals surface area contributed by atoms with E-state index in [9.17, 15) is 9.59 Å². The van der Waals surface area contributed by atoms with Gasteiger partial charge in [-0.05, 0) is 25.5 Å². The van der Waals surface area contributed by atoms with Gasteiger partial charge in [-0.25, -0.2) is 0 Å². The van der Waals surface area contributed by atoms with Crippen LogP contribution in [0.2, 0.25) is 0 Å². The Kier molecular flexibility index (Phi) is 5.16. The van der Waals surface area contributed by atoms with Gasteiger partial charge in [0.2, 0.25) is 0 Å². The minimum absolute atomic E-state index is 0.111. The average Bonchev–Trinajstić information content (AvgIpc) is 2.89. The lowest BCUT2D eigenvalue weighted by atomic mass is 10.1. The number of aromatic amines is 1. The number of hydrogen-bond acceptors (Lipinski definition) is 4. The minimum Gasteiger partial charge on any atom is -0.384 e. The van der Waals surface area contributed by atoms with Crippen molar-refractivity contribution in [1.29, 1.82) is 0 Å². The molecule has 1 amide bonds. The van der Waals surface area contributed by atoms with E-state index in [2.05, 4.69) is 22.5 Å². The number of rotatable bonds is 6.